The van der Waals surface area contributed by atoms with Gasteiger partial charge in [-0.25, -0.2) is 9.50 Å². The number of hydrogen-bond donors (Lipinski definition) is 1. The second-order valence-electron chi connectivity index (χ2n) is 6.83. The van der Waals surface area contributed by atoms with E-state index in [2.05, 4.69) is 51.5 Å². The monoisotopic (exact) mass is 349 g/mol. The lowest BCUT2D eigenvalue weighted by molar-refractivity contribution is 0.0939. The molecule has 6 heteroatoms. The van der Waals surface area contributed by atoms with Gasteiger partial charge in [0.25, 0.3) is 5.91 Å². The summed E-state index contributed by atoms with van der Waals surface area (Å²) in [5.74, 6) is -0.130. The number of nitrogens with one attached hydrogen (secondary N) is 1. The fraction of sp³-hybridized carbons (Fsp3) is 0.350. The maximum absolute atomic E-state index is 12.7. The van der Waals surface area contributed by atoms with Gasteiger partial charge in [0, 0.05) is 18.9 Å². The highest BCUT2D eigenvalue weighted by molar-refractivity contribution is 5.99. The topological polar surface area (TPSA) is 62.5 Å². The number of hydrogen-bond acceptors (Lipinski definition) is 4. The van der Waals surface area contributed by atoms with E-state index in [4.69, 9.17) is 0 Å². The summed E-state index contributed by atoms with van der Waals surface area (Å²) in [6.45, 7) is 4.82. The maximum Gasteiger partial charge on any atom is 0.256 e. The molecule has 3 heterocycles. The van der Waals surface area contributed by atoms with Crippen LogP contribution in [0.3, 0.4) is 0 Å². The van der Waals surface area contributed by atoms with Crippen molar-refractivity contribution in [2.24, 2.45) is 0 Å². The van der Waals surface area contributed by atoms with Crippen LogP contribution in [-0.2, 0) is 0 Å². The number of amides is 1. The summed E-state index contributed by atoms with van der Waals surface area (Å²) in [5, 5.41) is 7.29. The Morgan fingerprint density at radius 2 is 2.00 bits per heavy atom. The molecule has 1 saturated heterocycles. The Kier molecular flexibility index (Phi) is 4.67. The molecule has 0 saturated carbocycles. The molecule has 134 valence electrons. The summed E-state index contributed by atoms with van der Waals surface area (Å²) in [6.07, 6.45) is 7.47. The second-order valence-corrected chi connectivity index (χ2v) is 6.83. The van der Waals surface area contributed by atoms with Gasteiger partial charge in [-0.05, 0) is 44.5 Å². The number of aromatic nitrogens is 3. The molecule has 1 aliphatic heterocycles. The van der Waals surface area contributed by atoms with Crippen LogP contribution in [0.5, 0.6) is 0 Å². The average Bonchev–Trinajstić information content (AvgIpc) is 3.33. The van der Waals surface area contributed by atoms with E-state index in [0.717, 1.165) is 13.1 Å². The molecule has 0 aliphatic carbocycles. The highest BCUT2D eigenvalue weighted by Crippen LogP contribution is 2.25. The zero-order valence-electron chi connectivity index (χ0n) is 14.9. The van der Waals surface area contributed by atoms with Gasteiger partial charge in [-0.15, -0.1) is 0 Å². The number of carbonyl (C=O) groups is 1. The summed E-state index contributed by atoms with van der Waals surface area (Å²) >= 11 is 0. The Labute approximate surface area is 152 Å². The van der Waals surface area contributed by atoms with Gasteiger partial charge in [0.1, 0.15) is 5.56 Å². The van der Waals surface area contributed by atoms with Crippen LogP contribution in [0.4, 0.5) is 0 Å². The Morgan fingerprint density at radius 1 is 1.23 bits per heavy atom. The summed E-state index contributed by atoms with van der Waals surface area (Å²) in [4.78, 5) is 19.4. The van der Waals surface area contributed by atoms with E-state index in [-0.39, 0.29) is 11.9 Å². The normalized spacial score (nSPS) is 16.0. The molecular formula is C20H23N5O. The number of rotatable bonds is 5. The van der Waals surface area contributed by atoms with Gasteiger partial charge < -0.3 is 5.32 Å². The summed E-state index contributed by atoms with van der Waals surface area (Å²) < 4.78 is 1.62. The van der Waals surface area contributed by atoms with E-state index in [1.54, 1.807) is 29.2 Å². The molecule has 6 nitrogen and oxygen atoms in total. The minimum absolute atomic E-state index is 0.130. The summed E-state index contributed by atoms with van der Waals surface area (Å²) in [6, 6.07) is 10.6. The van der Waals surface area contributed by atoms with E-state index in [9.17, 15) is 4.79 Å². The lowest BCUT2D eigenvalue weighted by Crippen LogP contribution is -2.36. The molecule has 1 N–H and O–H groups in total. The van der Waals surface area contributed by atoms with Gasteiger partial charge in [0.15, 0.2) is 5.65 Å². The molecule has 1 amide bonds. The third-order valence-electron chi connectivity index (χ3n) is 5.02. The van der Waals surface area contributed by atoms with Crippen LogP contribution in [0.1, 0.15) is 40.4 Å². The number of likely N-dealkylation sites (tertiary alicyclic amines) is 1. The first kappa shape index (κ1) is 16.7. The third-order valence-corrected chi connectivity index (χ3v) is 5.02. The third kappa shape index (κ3) is 3.32. The highest BCUT2D eigenvalue weighted by Gasteiger charge is 2.24. The van der Waals surface area contributed by atoms with Crippen molar-refractivity contribution in [2.45, 2.75) is 25.8 Å². The first-order valence-corrected chi connectivity index (χ1v) is 9.09. The fourth-order valence-corrected chi connectivity index (χ4v) is 3.57. The van der Waals surface area contributed by atoms with E-state index in [1.807, 2.05) is 0 Å². The zero-order chi connectivity index (χ0) is 17.9. The quantitative estimate of drug-likeness (QED) is 0.769. The van der Waals surface area contributed by atoms with Crippen molar-refractivity contribution in [3.63, 3.8) is 0 Å². The molecule has 1 fully saturated rings. The predicted molar refractivity (Wildman–Crippen MR) is 100 cm³/mol. The second kappa shape index (κ2) is 7.25. The summed E-state index contributed by atoms with van der Waals surface area (Å²) in [5.41, 5.74) is 3.58. The molecule has 0 bridgehead atoms. The molecule has 3 aromatic rings. The van der Waals surface area contributed by atoms with Crippen LogP contribution < -0.4 is 5.32 Å². The number of benzene rings is 1. The largest absolute Gasteiger partial charge is 0.350 e. The first-order chi connectivity index (χ1) is 12.7. The van der Waals surface area contributed by atoms with Crippen molar-refractivity contribution in [3.05, 3.63) is 65.6 Å². The smallest absolute Gasteiger partial charge is 0.256 e. The van der Waals surface area contributed by atoms with Crippen molar-refractivity contribution < 1.29 is 4.79 Å². The Balaban J connectivity index is 1.52. The molecular weight excluding hydrogens is 326 g/mol. The molecule has 1 unspecified atom stereocenters. The summed E-state index contributed by atoms with van der Waals surface area (Å²) in [7, 11) is 0. The molecule has 0 spiro atoms. The van der Waals surface area contributed by atoms with Gasteiger partial charge in [-0.1, -0.05) is 29.8 Å². The number of fused-ring (bicyclic) bond motifs is 1. The standard InChI is InChI=1S/C20H23N5O/c1-15-5-7-16(8-6-15)18(24-10-2-3-11-24)14-22-20(26)17-13-23-25-12-4-9-21-19(17)25/h4-9,12-13,18H,2-3,10-11,14H2,1H3,(H,22,26). The minimum Gasteiger partial charge on any atom is -0.350 e. The Morgan fingerprint density at radius 3 is 2.77 bits per heavy atom. The van der Waals surface area contributed by atoms with Gasteiger partial charge >= 0.3 is 0 Å². The molecule has 1 atom stereocenters. The van der Waals surface area contributed by atoms with Crippen molar-refractivity contribution in [1.29, 1.82) is 0 Å². The van der Waals surface area contributed by atoms with Crippen molar-refractivity contribution in [1.82, 2.24) is 24.8 Å². The van der Waals surface area contributed by atoms with Crippen LogP contribution in [0.15, 0.2) is 48.9 Å². The van der Waals surface area contributed by atoms with E-state index < -0.39 is 0 Å². The van der Waals surface area contributed by atoms with E-state index in [1.165, 1.54) is 24.0 Å². The Hall–Kier alpha value is -2.73. The lowest BCUT2D eigenvalue weighted by Gasteiger charge is -2.28. The molecule has 1 aliphatic rings. The maximum atomic E-state index is 12.7. The molecule has 1 aromatic carbocycles. The van der Waals surface area contributed by atoms with Crippen LogP contribution in [0.25, 0.3) is 5.65 Å². The highest BCUT2D eigenvalue weighted by atomic mass is 16.1. The van der Waals surface area contributed by atoms with E-state index >= 15 is 0 Å². The SMILES string of the molecule is Cc1ccc(C(CNC(=O)c2cnn3cccnc23)N2CCCC2)cc1. The molecule has 4 rings (SSSR count). The number of nitrogens with zero attached hydrogens (tertiary/aromatic N) is 4. The van der Waals surface area contributed by atoms with Crippen LogP contribution in [-0.4, -0.2) is 45.0 Å². The zero-order valence-corrected chi connectivity index (χ0v) is 14.9. The Bertz CT molecular complexity index is 896. The van der Waals surface area contributed by atoms with Gasteiger partial charge in [-0.2, -0.15) is 5.10 Å². The first-order valence-electron chi connectivity index (χ1n) is 9.09. The average molecular weight is 349 g/mol. The van der Waals surface area contributed by atoms with E-state index in [0.29, 0.717) is 17.8 Å². The van der Waals surface area contributed by atoms with Crippen LogP contribution in [0.2, 0.25) is 0 Å². The van der Waals surface area contributed by atoms with Gasteiger partial charge in [0.2, 0.25) is 0 Å². The number of aryl methyl sites for hydroxylation is 1. The van der Waals surface area contributed by atoms with Gasteiger partial charge in [0.05, 0.1) is 12.2 Å². The predicted octanol–water partition coefficient (Wildman–Crippen LogP) is 2.60. The molecule has 2 aromatic heterocycles. The van der Waals surface area contributed by atoms with Crippen LogP contribution in [0, 0.1) is 6.92 Å². The van der Waals surface area contributed by atoms with Gasteiger partial charge in [-0.3, -0.25) is 9.69 Å². The van der Waals surface area contributed by atoms with Crippen molar-refractivity contribution >= 4 is 11.6 Å². The van der Waals surface area contributed by atoms with Crippen molar-refractivity contribution in [3.8, 4) is 0 Å². The van der Waals surface area contributed by atoms with Crippen LogP contribution >= 0.6 is 0 Å². The molecule has 26 heavy (non-hydrogen) atoms. The fourth-order valence-electron chi connectivity index (χ4n) is 3.57. The molecule has 0 radical (unpaired) electrons. The minimum atomic E-state index is -0.130. The number of carbonyl (C=O) groups excluding carboxylic acids is 1. The lowest BCUT2D eigenvalue weighted by atomic mass is 10.0. The van der Waals surface area contributed by atoms with Crippen molar-refractivity contribution in [2.75, 3.05) is 19.6 Å².